The Bertz CT molecular complexity index is 141. The Morgan fingerprint density at radius 2 is 2.11 bits per heavy atom. The van der Waals surface area contributed by atoms with Crippen LogP contribution in [0.4, 0.5) is 0 Å². The molecule has 0 spiro atoms. The van der Waals surface area contributed by atoms with Crippen molar-refractivity contribution in [3.05, 3.63) is 0 Å². The fraction of sp³-hybridized carbons (Fsp3) is 0.500. The summed E-state index contributed by atoms with van der Waals surface area (Å²) in [6.45, 7) is 0. The van der Waals surface area contributed by atoms with Crippen LogP contribution in [0.25, 0.3) is 0 Å². The fourth-order valence-electron chi connectivity index (χ4n) is 0.157. The molecular formula is C4H7N3O2. The molecule has 5 nitrogen and oxygen atoms in total. The summed E-state index contributed by atoms with van der Waals surface area (Å²) in [4.78, 5) is 19.7. The number of nitrogens with zero attached hydrogens (tertiary/aromatic N) is 3. The van der Waals surface area contributed by atoms with Gasteiger partial charge in [0.05, 0.1) is 0 Å². The molecule has 5 heteroatoms. The van der Waals surface area contributed by atoms with Crippen molar-refractivity contribution in [1.82, 2.24) is 5.01 Å². The SMILES string of the molecule is CN(C)N=NC(=O)C=O. The highest BCUT2D eigenvalue weighted by Gasteiger charge is 1.91. The second-order valence-corrected chi connectivity index (χ2v) is 1.49. The van der Waals surface area contributed by atoms with Gasteiger partial charge in [-0.25, -0.2) is 0 Å². The third-order valence-electron chi connectivity index (χ3n) is 0.423. The molecule has 0 N–H and O–H groups in total. The van der Waals surface area contributed by atoms with E-state index in [9.17, 15) is 9.59 Å². The monoisotopic (exact) mass is 129 g/mol. The normalized spacial score (nSPS) is 9.56. The van der Waals surface area contributed by atoms with Crippen molar-refractivity contribution in [1.29, 1.82) is 0 Å². The first-order valence-corrected chi connectivity index (χ1v) is 2.25. The van der Waals surface area contributed by atoms with Crippen LogP contribution in [0.3, 0.4) is 0 Å². The van der Waals surface area contributed by atoms with Gasteiger partial charge in [-0.1, -0.05) is 10.3 Å². The summed E-state index contributed by atoms with van der Waals surface area (Å²) >= 11 is 0. The first-order valence-electron chi connectivity index (χ1n) is 2.25. The predicted octanol–water partition coefficient (Wildman–Crippen LogP) is -0.359. The van der Waals surface area contributed by atoms with Gasteiger partial charge in [0.1, 0.15) is 0 Å². The Morgan fingerprint density at radius 3 is 2.44 bits per heavy atom. The molecule has 0 aliphatic carbocycles. The standard InChI is InChI=1S/C4H7N3O2/c1-7(2)6-5-4(9)3-8/h3H,1-2H3. The number of hydrogen-bond donors (Lipinski definition) is 0. The van der Waals surface area contributed by atoms with Crippen molar-refractivity contribution < 1.29 is 9.59 Å². The minimum atomic E-state index is -0.872. The molecule has 0 heterocycles. The molecule has 0 aromatic carbocycles. The van der Waals surface area contributed by atoms with E-state index in [0.717, 1.165) is 0 Å². The number of amides is 1. The zero-order valence-corrected chi connectivity index (χ0v) is 5.24. The zero-order chi connectivity index (χ0) is 7.28. The molecule has 0 aliphatic heterocycles. The van der Waals surface area contributed by atoms with Crippen LogP contribution in [0, 0.1) is 0 Å². The zero-order valence-electron chi connectivity index (χ0n) is 5.24. The van der Waals surface area contributed by atoms with Crippen LogP contribution in [0.15, 0.2) is 10.3 Å². The molecule has 0 aromatic heterocycles. The van der Waals surface area contributed by atoms with Gasteiger partial charge < -0.3 is 0 Å². The van der Waals surface area contributed by atoms with Crippen molar-refractivity contribution in [2.24, 2.45) is 10.3 Å². The van der Waals surface area contributed by atoms with Gasteiger partial charge in [0.25, 0.3) is 0 Å². The highest BCUT2D eigenvalue weighted by atomic mass is 16.2. The minimum Gasteiger partial charge on any atom is -0.292 e. The van der Waals surface area contributed by atoms with Gasteiger partial charge in [0.15, 0.2) is 0 Å². The Morgan fingerprint density at radius 1 is 1.56 bits per heavy atom. The van der Waals surface area contributed by atoms with E-state index in [0.29, 0.717) is 0 Å². The lowest BCUT2D eigenvalue weighted by Crippen LogP contribution is -2.02. The van der Waals surface area contributed by atoms with Crippen LogP contribution in [0.5, 0.6) is 0 Å². The highest BCUT2D eigenvalue weighted by molar-refractivity contribution is 6.23. The summed E-state index contributed by atoms with van der Waals surface area (Å²) in [5.41, 5.74) is 0. The molecule has 0 aliphatic rings. The quantitative estimate of drug-likeness (QED) is 0.221. The molecular weight excluding hydrogens is 122 g/mol. The predicted molar refractivity (Wildman–Crippen MR) is 29.6 cm³/mol. The smallest absolute Gasteiger partial charge is 0.292 e. The summed E-state index contributed by atoms with van der Waals surface area (Å²) in [7, 11) is 3.20. The summed E-state index contributed by atoms with van der Waals surface area (Å²) in [6.07, 6.45) is 0.104. The van der Waals surface area contributed by atoms with Crippen LogP contribution >= 0.6 is 0 Å². The first-order chi connectivity index (χ1) is 4.16. The molecule has 1 amide bonds. The topological polar surface area (TPSA) is 62.1 Å². The number of rotatable bonds is 2. The first kappa shape index (κ1) is 7.74. The van der Waals surface area contributed by atoms with Crippen LogP contribution in [0.1, 0.15) is 0 Å². The number of carbonyl (C=O) groups is 2. The summed E-state index contributed by atoms with van der Waals surface area (Å²) < 4.78 is 0. The van der Waals surface area contributed by atoms with E-state index in [2.05, 4.69) is 10.3 Å². The Balaban J connectivity index is 3.70. The average Bonchev–Trinajstić information content (AvgIpc) is 1.83. The van der Waals surface area contributed by atoms with Crippen molar-refractivity contribution in [3.63, 3.8) is 0 Å². The lowest BCUT2D eigenvalue weighted by molar-refractivity contribution is -0.129. The maximum Gasteiger partial charge on any atom is 0.329 e. The van der Waals surface area contributed by atoms with Crippen molar-refractivity contribution >= 4 is 12.2 Å². The van der Waals surface area contributed by atoms with Crippen molar-refractivity contribution in [2.75, 3.05) is 14.1 Å². The van der Waals surface area contributed by atoms with E-state index >= 15 is 0 Å². The van der Waals surface area contributed by atoms with E-state index in [1.54, 1.807) is 14.1 Å². The van der Waals surface area contributed by atoms with Gasteiger partial charge in [-0.15, -0.1) is 0 Å². The van der Waals surface area contributed by atoms with Crippen LogP contribution in [-0.2, 0) is 9.59 Å². The number of carbonyl (C=O) groups excluding carboxylic acids is 2. The lowest BCUT2D eigenvalue weighted by Gasteiger charge is -1.96. The molecule has 0 atom stereocenters. The molecule has 0 saturated carbocycles. The molecule has 0 bridgehead atoms. The van der Waals surface area contributed by atoms with Gasteiger partial charge in [-0.2, -0.15) is 0 Å². The number of aldehydes is 1. The number of hydrogen-bond acceptors (Lipinski definition) is 3. The summed E-state index contributed by atoms with van der Waals surface area (Å²) in [5.74, 6) is -0.872. The largest absolute Gasteiger partial charge is 0.329 e. The van der Waals surface area contributed by atoms with Crippen LogP contribution in [-0.4, -0.2) is 31.3 Å². The summed E-state index contributed by atoms with van der Waals surface area (Å²) in [5, 5.41) is 7.58. The highest BCUT2D eigenvalue weighted by Crippen LogP contribution is 1.77. The molecule has 0 fully saturated rings. The molecule has 50 valence electrons. The maximum atomic E-state index is 10.1. The molecule has 0 aromatic rings. The maximum absolute atomic E-state index is 10.1. The summed E-state index contributed by atoms with van der Waals surface area (Å²) in [6, 6.07) is 0. The van der Waals surface area contributed by atoms with Crippen molar-refractivity contribution in [2.45, 2.75) is 0 Å². The van der Waals surface area contributed by atoms with E-state index in [-0.39, 0.29) is 6.29 Å². The Kier molecular flexibility index (Phi) is 3.19. The Labute approximate surface area is 52.3 Å². The fourth-order valence-corrected chi connectivity index (χ4v) is 0.157. The average molecular weight is 129 g/mol. The van der Waals surface area contributed by atoms with Crippen molar-refractivity contribution in [3.8, 4) is 0 Å². The van der Waals surface area contributed by atoms with Gasteiger partial charge in [0, 0.05) is 14.1 Å². The van der Waals surface area contributed by atoms with Gasteiger partial charge in [-0.3, -0.25) is 14.6 Å². The third-order valence-corrected chi connectivity index (χ3v) is 0.423. The van der Waals surface area contributed by atoms with Gasteiger partial charge in [-0.05, 0) is 0 Å². The second kappa shape index (κ2) is 3.71. The second-order valence-electron chi connectivity index (χ2n) is 1.49. The molecule has 0 radical (unpaired) electrons. The van der Waals surface area contributed by atoms with E-state index in [1.807, 2.05) is 0 Å². The van der Waals surface area contributed by atoms with E-state index in [4.69, 9.17) is 0 Å². The molecule has 0 unspecified atom stereocenters. The van der Waals surface area contributed by atoms with E-state index in [1.165, 1.54) is 5.01 Å². The molecule has 0 saturated heterocycles. The van der Waals surface area contributed by atoms with Crippen LogP contribution in [0.2, 0.25) is 0 Å². The van der Waals surface area contributed by atoms with Crippen LogP contribution < -0.4 is 0 Å². The molecule has 9 heavy (non-hydrogen) atoms. The van der Waals surface area contributed by atoms with Gasteiger partial charge in [0.2, 0.25) is 6.29 Å². The van der Waals surface area contributed by atoms with E-state index < -0.39 is 5.91 Å². The third kappa shape index (κ3) is 4.60. The van der Waals surface area contributed by atoms with Gasteiger partial charge >= 0.3 is 5.91 Å². The lowest BCUT2D eigenvalue weighted by atomic mass is 10.7. The minimum absolute atomic E-state index is 0.104. The Hall–Kier alpha value is -1.26. The molecule has 0 rings (SSSR count).